The number of anilines is 3. The van der Waals surface area contributed by atoms with Gasteiger partial charge in [0.05, 0.1) is 27.8 Å². The molecule has 0 atom stereocenters. The zero-order valence-corrected chi connectivity index (χ0v) is 31.3. The fourth-order valence-electron chi connectivity index (χ4n) is 9.00. The van der Waals surface area contributed by atoms with Crippen LogP contribution in [-0.4, -0.2) is 14.0 Å². The molecule has 0 saturated carbocycles. The number of fused-ring (bicyclic) bond motifs is 8. The second-order valence-corrected chi connectivity index (χ2v) is 15.3. The van der Waals surface area contributed by atoms with E-state index in [1.807, 2.05) is 0 Å². The fourth-order valence-corrected chi connectivity index (χ4v) is 9.00. The predicted octanol–water partition coefficient (Wildman–Crippen LogP) is 13.5. The molecule has 56 heavy (non-hydrogen) atoms. The summed E-state index contributed by atoms with van der Waals surface area (Å²) in [7, 11) is 0. The first-order valence-electron chi connectivity index (χ1n) is 19.3. The third-order valence-electron chi connectivity index (χ3n) is 11.7. The Hall–Kier alpha value is -7.17. The van der Waals surface area contributed by atoms with Crippen molar-refractivity contribution in [1.82, 2.24) is 14.0 Å². The van der Waals surface area contributed by atoms with Gasteiger partial charge in [-0.15, -0.1) is 0 Å². The first-order valence-corrected chi connectivity index (χ1v) is 19.3. The molecule has 1 aliphatic rings. The Morgan fingerprint density at radius 2 is 1.07 bits per heavy atom. The van der Waals surface area contributed by atoms with E-state index in [1.54, 1.807) is 0 Å². The molecule has 0 unspecified atom stereocenters. The van der Waals surface area contributed by atoms with E-state index < -0.39 is 0 Å². The Morgan fingerprint density at radius 3 is 1.89 bits per heavy atom. The van der Waals surface area contributed by atoms with Gasteiger partial charge < -0.3 is 4.90 Å². The third-order valence-corrected chi connectivity index (χ3v) is 11.7. The van der Waals surface area contributed by atoms with Crippen LogP contribution in [0.5, 0.6) is 0 Å². The lowest BCUT2D eigenvalue weighted by Gasteiger charge is -2.30. The number of benzene rings is 8. The Bertz CT molecular complexity index is 3100. The summed E-state index contributed by atoms with van der Waals surface area (Å²) in [6.07, 6.45) is 0. The van der Waals surface area contributed by atoms with Crippen molar-refractivity contribution >= 4 is 44.9 Å². The highest BCUT2D eigenvalue weighted by Crippen LogP contribution is 2.51. The van der Waals surface area contributed by atoms with E-state index in [0.29, 0.717) is 0 Å². The van der Waals surface area contributed by atoms with E-state index in [-0.39, 0.29) is 5.41 Å². The molecule has 0 fully saturated rings. The second kappa shape index (κ2) is 12.4. The standard InChI is InChI=1S/C52H38N4/c1-52(2)44-21-11-9-20-42(44)43-31-30-40(34-45(43)52)54(39-28-25-36(26-29-39)35-15-5-3-6-16-35)47-23-13-10-19-41(47)37-27-32-49-50(33-37)56-48-24-14-12-22-46(48)53-51(56)55(49)38-17-7-4-8-18-38/h3-34H,1-2H3. The number of para-hydroxylation sites is 4. The maximum absolute atomic E-state index is 5.16. The van der Waals surface area contributed by atoms with Crippen LogP contribution in [0.3, 0.4) is 0 Å². The third kappa shape index (κ3) is 4.89. The summed E-state index contributed by atoms with van der Waals surface area (Å²) >= 11 is 0. The van der Waals surface area contributed by atoms with E-state index in [2.05, 4.69) is 222 Å². The summed E-state index contributed by atoms with van der Waals surface area (Å²) in [6.45, 7) is 4.71. The van der Waals surface area contributed by atoms with Crippen molar-refractivity contribution in [3.63, 3.8) is 0 Å². The number of hydrogen-bond acceptors (Lipinski definition) is 2. The van der Waals surface area contributed by atoms with Crippen LogP contribution in [0.15, 0.2) is 194 Å². The molecule has 10 aromatic rings. The second-order valence-electron chi connectivity index (χ2n) is 15.3. The lowest BCUT2D eigenvalue weighted by Crippen LogP contribution is -2.16. The lowest BCUT2D eigenvalue weighted by atomic mass is 9.82. The molecule has 0 aliphatic heterocycles. The topological polar surface area (TPSA) is 25.5 Å². The van der Waals surface area contributed by atoms with Crippen LogP contribution in [0.1, 0.15) is 25.0 Å². The van der Waals surface area contributed by atoms with Gasteiger partial charge in [0.15, 0.2) is 0 Å². The zero-order valence-electron chi connectivity index (χ0n) is 31.3. The van der Waals surface area contributed by atoms with Crippen LogP contribution >= 0.6 is 0 Å². The van der Waals surface area contributed by atoms with Gasteiger partial charge in [-0.3, -0.25) is 8.97 Å². The number of hydrogen-bond donors (Lipinski definition) is 0. The number of rotatable bonds is 6. The van der Waals surface area contributed by atoms with Crippen LogP contribution in [0.2, 0.25) is 0 Å². The maximum atomic E-state index is 5.16. The molecule has 4 heteroatoms. The summed E-state index contributed by atoms with van der Waals surface area (Å²) in [4.78, 5) is 7.59. The van der Waals surface area contributed by atoms with Crippen molar-refractivity contribution < 1.29 is 0 Å². The number of nitrogens with zero attached hydrogens (tertiary/aromatic N) is 4. The van der Waals surface area contributed by atoms with Gasteiger partial charge in [-0.05, 0) is 106 Å². The predicted molar refractivity (Wildman–Crippen MR) is 233 cm³/mol. The Balaban J connectivity index is 1.12. The first kappa shape index (κ1) is 32.3. The summed E-state index contributed by atoms with van der Waals surface area (Å²) in [5.41, 5.74) is 18.6. The van der Waals surface area contributed by atoms with Crippen LogP contribution in [0.4, 0.5) is 17.1 Å². The van der Waals surface area contributed by atoms with Crippen molar-refractivity contribution in [3.8, 4) is 39.1 Å². The normalized spacial score (nSPS) is 13.0. The minimum absolute atomic E-state index is 0.125. The summed E-state index contributed by atoms with van der Waals surface area (Å²) in [5.74, 6) is 0.903. The fraction of sp³-hybridized carbons (Fsp3) is 0.0577. The van der Waals surface area contributed by atoms with E-state index in [4.69, 9.17) is 4.98 Å². The molecule has 0 amide bonds. The van der Waals surface area contributed by atoms with Crippen molar-refractivity contribution in [1.29, 1.82) is 0 Å². The molecular formula is C52H38N4. The van der Waals surface area contributed by atoms with E-state index in [0.717, 1.165) is 61.7 Å². The molecule has 1 aliphatic carbocycles. The van der Waals surface area contributed by atoms with Crippen molar-refractivity contribution in [2.75, 3.05) is 4.90 Å². The Labute approximate surface area is 326 Å². The van der Waals surface area contributed by atoms with Gasteiger partial charge in [0.1, 0.15) is 0 Å². The molecule has 0 N–H and O–H groups in total. The average molecular weight is 719 g/mol. The van der Waals surface area contributed by atoms with Crippen LogP contribution in [0.25, 0.3) is 66.9 Å². The van der Waals surface area contributed by atoms with Crippen LogP contribution < -0.4 is 4.90 Å². The van der Waals surface area contributed by atoms with Gasteiger partial charge >= 0.3 is 0 Å². The van der Waals surface area contributed by atoms with Crippen molar-refractivity contribution in [2.24, 2.45) is 0 Å². The number of imidazole rings is 2. The molecule has 0 bridgehead atoms. The molecule has 4 nitrogen and oxygen atoms in total. The molecule has 0 saturated heterocycles. The quantitative estimate of drug-likeness (QED) is 0.171. The largest absolute Gasteiger partial charge is 0.310 e. The molecule has 0 radical (unpaired) electrons. The zero-order chi connectivity index (χ0) is 37.4. The van der Waals surface area contributed by atoms with Gasteiger partial charge in [-0.2, -0.15) is 0 Å². The Kier molecular flexibility index (Phi) is 7.17. The van der Waals surface area contributed by atoms with E-state index in [9.17, 15) is 0 Å². The maximum Gasteiger partial charge on any atom is 0.220 e. The van der Waals surface area contributed by atoms with Crippen LogP contribution in [0, 0.1) is 0 Å². The van der Waals surface area contributed by atoms with E-state index in [1.165, 1.54) is 33.4 Å². The highest BCUT2D eigenvalue weighted by molar-refractivity contribution is 5.97. The first-order chi connectivity index (χ1) is 27.5. The lowest BCUT2D eigenvalue weighted by molar-refractivity contribution is 0.660. The highest BCUT2D eigenvalue weighted by atomic mass is 15.2. The minimum atomic E-state index is -0.125. The SMILES string of the molecule is CC1(C)c2ccccc2-c2ccc(N(c3ccc(-c4ccccc4)cc3)c3ccccc3-c3ccc4c(c3)n3c5ccccc5nc3n4-c3ccccc3)cc21. The Morgan fingerprint density at radius 1 is 0.446 bits per heavy atom. The molecular weight excluding hydrogens is 681 g/mol. The molecule has 0 spiro atoms. The smallest absolute Gasteiger partial charge is 0.220 e. The van der Waals surface area contributed by atoms with Gasteiger partial charge in [0.25, 0.3) is 0 Å². The molecule has 8 aromatic carbocycles. The number of aromatic nitrogens is 3. The van der Waals surface area contributed by atoms with E-state index >= 15 is 0 Å². The minimum Gasteiger partial charge on any atom is -0.310 e. The van der Waals surface area contributed by atoms with Crippen molar-refractivity contribution in [3.05, 3.63) is 205 Å². The van der Waals surface area contributed by atoms with Crippen LogP contribution in [-0.2, 0) is 5.41 Å². The van der Waals surface area contributed by atoms with Gasteiger partial charge in [0, 0.05) is 28.0 Å². The summed E-state index contributed by atoms with van der Waals surface area (Å²) < 4.78 is 4.58. The van der Waals surface area contributed by atoms with Crippen molar-refractivity contribution in [2.45, 2.75) is 19.3 Å². The van der Waals surface area contributed by atoms with Gasteiger partial charge in [-0.1, -0.05) is 141 Å². The summed E-state index contributed by atoms with van der Waals surface area (Å²) in [6, 6.07) is 70.2. The monoisotopic (exact) mass is 718 g/mol. The average Bonchev–Trinajstić information content (AvgIpc) is 3.86. The molecule has 2 aromatic heterocycles. The molecule has 266 valence electrons. The van der Waals surface area contributed by atoms with Gasteiger partial charge in [-0.25, -0.2) is 4.98 Å². The summed E-state index contributed by atoms with van der Waals surface area (Å²) in [5, 5.41) is 0. The molecule has 2 heterocycles. The molecule has 11 rings (SSSR count). The van der Waals surface area contributed by atoms with Gasteiger partial charge in [0.2, 0.25) is 5.78 Å². The highest BCUT2D eigenvalue weighted by Gasteiger charge is 2.36.